The summed E-state index contributed by atoms with van der Waals surface area (Å²) in [6.45, 7) is 6.55. The first-order valence-electron chi connectivity index (χ1n) is 6.75. The number of rotatable bonds is 6. The number of thiol groups is 1. The van der Waals surface area contributed by atoms with Crippen molar-refractivity contribution >= 4 is 18.6 Å². The fourth-order valence-electron chi connectivity index (χ4n) is 1.67. The van der Waals surface area contributed by atoms with Gasteiger partial charge in [-0.25, -0.2) is 4.79 Å². The molecule has 0 unspecified atom stereocenters. The van der Waals surface area contributed by atoms with Crippen LogP contribution < -0.4 is 0 Å². The van der Waals surface area contributed by atoms with E-state index in [0.29, 0.717) is 17.1 Å². The van der Waals surface area contributed by atoms with Crippen molar-refractivity contribution in [2.75, 3.05) is 6.61 Å². The van der Waals surface area contributed by atoms with Crippen molar-refractivity contribution in [1.82, 2.24) is 0 Å². The van der Waals surface area contributed by atoms with E-state index >= 15 is 0 Å². The van der Waals surface area contributed by atoms with Gasteiger partial charge in [0.1, 0.15) is 6.61 Å². The highest BCUT2D eigenvalue weighted by atomic mass is 32.1. The zero-order valence-electron chi connectivity index (χ0n) is 12.3. The molecule has 0 saturated carbocycles. The Balaban J connectivity index is 2.42. The van der Waals surface area contributed by atoms with Crippen molar-refractivity contribution in [3.8, 4) is 0 Å². The molecule has 0 N–H and O–H groups in total. The van der Waals surface area contributed by atoms with Crippen LogP contribution in [-0.4, -0.2) is 12.6 Å². The van der Waals surface area contributed by atoms with Gasteiger partial charge in [0.15, 0.2) is 0 Å². The van der Waals surface area contributed by atoms with Gasteiger partial charge in [0.2, 0.25) is 0 Å². The van der Waals surface area contributed by atoms with Gasteiger partial charge in [-0.3, -0.25) is 0 Å². The molecule has 0 amide bonds. The van der Waals surface area contributed by atoms with Crippen molar-refractivity contribution in [2.24, 2.45) is 0 Å². The minimum absolute atomic E-state index is 0.307. The van der Waals surface area contributed by atoms with Crippen LogP contribution in [0.3, 0.4) is 0 Å². The number of benzene rings is 1. The minimum Gasteiger partial charge on any atom is -0.458 e. The zero-order chi connectivity index (χ0) is 15.0. The summed E-state index contributed by atoms with van der Waals surface area (Å²) in [5.74, 6) is -0.330. The molecule has 0 fully saturated rings. The number of esters is 1. The number of hydrogen-bond acceptors (Lipinski definition) is 3. The Morgan fingerprint density at radius 1 is 1.20 bits per heavy atom. The third kappa shape index (κ3) is 6.11. The minimum atomic E-state index is -0.330. The molecule has 108 valence electrons. The Morgan fingerprint density at radius 3 is 2.55 bits per heavy atom. The molecule has 0 aliphatic rings. The van der Waals surface area contributed by atoms with E-state index in [1.165, 1.54) is 11.1 Å². The predicted molar refractivity (Wildman–Crippen MR) is 86.4 cm³/mol. The summed E-state index contributed by atoms with van der Waals surface area (Å²) in [6, 6.07) is 7.14. The van der Waals surface area contributed by atoms with Crippen LogP contribution in [0.2, 0.25) is 0 Å². The van der Waals surface area contributed by atoms with Gasteiger partial charge in [0.05, 0.1) is 5.56 Å². The number of hydrogen-bond donors (Lipinski definition) is 1. The first-order chi connectivity index (χ1) is 9.50. The maximum atomic E-state index is 11.8. The molecule has 3 heteroatoms. The number of carbonyl (C=O) groups is 1. The van der Waals surface area contributed by atoms with Crippen LogP contribution in [0.4, 0.5) is 0 Å². The summed E-state index contributed by atoms with van der Waals surface area (Å²) >= 11 is 4.24. The lowest BCUT2D eigenvalue weighted by atomic mass is 10.1. The highest BCUT2D eigenvalue weighted by molar-refractivity contribution is 7.80. The fourth-order valence-corrected chi connectivity index (χ4v) is 1.93. The molecule has 2 nitrogen and oxygen atoms in total. The van der Waals surface area contributed by atoms with Crippen molar-refractivity contribution in [2.45, 2.75) is 38.5 Å². The Kier molecular flexibility index (Phi) is 7.16. The topological polar surface area (TPSA) is 26.3 Å². The summed E-state index contributed by atoms with van der Waals surface area (Å²) in [7, 11) is 0. The number of allylic oxidation sites excluding steroid dienone is 3. The van der Waals surface area contributed by atoms with Crippen LogP contribution >= 0.6 is 12.6 Å². The SMILES string of the molecule is CC(C)=CCC/C(C)=C/COC(=O)c1ccccc1S. The Bertz CT molecular complexity index is 511. The molecule has 0 aliphatic heterocycles. The second-order valence-electron chi connectivity index (χ2n) is 4.99. The van der Waals surface area contributed by atoms with E-state index in [1.807, 2.05) is 12.1 Å². The number of ether oxygens (including phenoxy) is 1. The second kappa shape index (κ2) is 8.64. The molecular formula is C17H22O2S. The van der Waals surface area contributed by atoms with Crippen molar-refractivity contribution in [1.29, 1.82) is 0 Å². The molecule has 1 aromatic rings. The highest BCUT2D eigenvalue weighted by Gasteiger charge is 2.08. The molecule has 0 heterocycles. The van der Waals surface area contributed by atoms with E-state index in [2.05, 4.69) is 39.5 Å². The van der Waals surface area contributed by atoms with Crippen LogP contribution in [0.1, 0.15) is 44.0 Å². The lowest BCUT2D eigenvalue weighted by Crippen LogP contribution is -2.06. The lowest BCUT2D eigenvalue weighted by Gasteiger charge is -2.05. The first kappa shape index (κ1) is 16.6. The highest BCUT2D eigenvalue weighted by Crippen LogP contribution is 2.14. The van der Waals surface area contributed by atoms with E-state index in [9.17, 15) is 4.79 Å². The average Bonchev–Trinajstić information content (AvgIpc) is 2.38. The molecule has 0 radical (unpaired) electrons. The third-order valence-electron chi connectivity index (χ3n) is 2.86. The third-order valence-corrected chi connectivity index (χ3v) is 3.25. The maximum absolute atomic E-state index is 11.8. The average molecular weight is 290 g/mol. The van der Waals surface area contributed by atoms with Gasteiger partial charge in [-0.15, -0.1) is 12.6 Å². The molecule has 0 bridgehead atoms. The lowest BCUT2D eigenvalue weighted by molar-refractivity contribution is 0.0545. The van der Waals surface area contributed by atoms with Gasteiger partial charge in [-0.2, -0.15) is 0 Å². The molecule has 0 saturated heterocycles. The summed E-state index contributed by atoms with van der Waals surface area (Å²) in [6.07, 6.45) is 6.18. The Hall–Kier alpha value is -1.48. The molecular weight excluding hydrogens is 268 g/mol. The predicted octanol–water partition coefficient (Wildman–Crippen LogP) is 4.82. The molecule has 1 aromatic carbocycles. The van der Waals surface area contributed by atoms with Gasteiger partial charge < -0.3 is 4.74 Å². The second-order valence-corrected chi connectivity index (χ2v) is 5.47. The van der Waals surface area contributed by atoms with Crippen LogP contribution in [0.15, 0.2) is 52.5 Å². The molecule has 1 rings (SSSR count). The van der Waals surface area contributed by atoms with Gasteiger partial charge in [0, 0.05) is 4.90 Å². The van der Waals surface area contributed by atoms with Crippen LogP contribution in [0.5, 0.6) is 0 Å². The van der Waals surface area contributed by atoms with Crippen molar-refractivity contribution in [3.05, 3.63) is 53.1 Å². The van der Waals surface area contributed by atoms with Crippen LogP contribution in [0.25, 0.3) is 0 Å². The van der Waals surface area contributed by atoms with Gasteiger partial charge in [-0.1, -0.05) is 29.4 Å². The first-order valence-corrected chi connectivity index (χ1v) is 7.19. The van der Waals surface area contributed by atoms with Gasteiger partial charge >= 0.3 is 5.97 Å². The molecule has 0 aliphatic carbocycles. The molecule has 0 spiro atoms. The van der Waals surface area contributed by atoms with E-state index in [4.69, 9.17) is 4.74 Å². The monoisotopic (exact) mass is 290 g/mol. The van der Waals surface area contributed by atoms with Crippen molar-refractivity contribution in [3.63, 3.8) is 0 Å². The molecule has 0 aromatic heterocycles. The maximum Gasteiger partial charge on any atom is 0.339 e. The largest absolute Gasteiger partial charge is 0.458 e. The van der Waals surface area contributed by atoms with Crippen molar-refractivity contribution < 1.29 is 9.53 Å². The van der Waals surface area contributed by atoms with E-state index in [0.717, 1.165) is 12.8 Å². The summed E-state index contributed by atoms with van der Waals surface area (Å²) in [4.78, 5) is 12.5. The Morgan fingerprint density at radius 2 is 1.90 bits per heavy atom. The van der Waals surface area contributed by atoms with E-state index < -0.39 is 0 Å². The zero-order valence-corrected chi connectivity index (χ0v) is 13.2. The molecule has 0 atom stereocenters. The fraction of sp³-hybridized carbons (Fsp3) is 0.353. The van der Waals surface area contributed by atoms with Gasteiger partial charge in [0.25, 0.3) is 0 Å². The quantitative estimate of drug-likeness (QED) is 0.461. The normalized spacial score (nSPS) is 11.1. The summed E-state index contributed by atoms with van der Waals surface area (Å²) in [5.41, 5.74) is 3.07. The standard InChI is InChI=1S/C17H22O2S/c1-13(2)7-6-8-14(3)11-12-19-17(18)15-9-4-5-10-16(15)20/h4-5,7,9-11,20H,6,8,12H2,1-3H3/b14-11+. The summed E-state index contributed by atoms with van der Waals surface area (Å²) in [5, 5.41) is 0. The smallest absolute Gasteiger partial charge is 0.339 e. The van der Waals surface area contributed by atoms with Gasteiger partial charge in [-0.05, 0) is 51.8 Å². The van der Waals surface area contributed by atoms with Crippen LogP contribution in [0, 0.1) is 0 Å². The summed E-state index contributed by atoms with van der Waals surface area (Å²) < 4.78 is 5.23. The van der Waals surface area contributed by atoms with E-state index in [-0.39, 0.29) is 5.97 Å². The van der Waals surface area contributed by atoms with E-state index in [1.54, 1.807) is 18.2 Å². The van der Waals surface area contributed by atoms with Crippen LogP contribution in [-0.2, 0) is 4.74 Å². The number of carbonyl (C=O) groups excluding carboxylic acids is 1. The molecule has 20 heavy (non-hydrogen) atoms. The Labute approximate surface area is 126 Å².